The zero-order chi connectivity index (χ0) is 13.1. The lowest BCUT2D eigenvalue weighted by atomic mass is 10.0. The molecule has 19 heavy (non-hydrogen) atoms. The van der Waals surface area contributed by atoms with Gasteiger partial charge < -0.3 is 15.2 Å². The number of tetrazole rings is 1. The van der Waals surface area contributed by atoms with Crippen molar-refractivity contribution in [1.29, 1.82) is 0 Å². The summed E-state index contributed by atoms with van der Waals surface area (Å²) in [6.45, 7) is 1.29. The summed E-state index contributed by atoms with van der Waals surface area (Å²) in [5.74, 6) is 0.506. The third-order valence-electron chi connectivity index (χ3n) is 3.13. The SMILES string of the molecule is OC1(CNc2nnnn2-c2ccccc2)CCOC1. The van der Waals surface area contributed by atoms with Crippen molar-refractivity contribution in [3.8, 4) is 5.69 Å². The Kier molecular flexibility index (Phi) is 3.14. The van der Waals surface area contributed by atoms with Crippen molar-refractivity contribution in [3.05, 3.63) is 30.3 Å². The molecule has 7 nitrogen and oxygen atoms in total. The molecule has 3 rings (SSSR count). The molecule has 0 spiro atoms. The van der Waals surface area contributed by atoms with Crippen LogP contribution in [0.25, 0.3) is 5.69 Å². The molecule has 1 fully saturated rings. The number of nitrogens with zero attached hydrogens (tertiary/aromatic N) is 4. The van der Waals surface area contributed by atoms with Gasteiger partial charge in [0.2, 0.25) is 5.95 Å². The molecule has 100 valence electrons. The van der Waals surface area contributed by atoms with E-state index in [4.69, 9.17) is 4.74 Å². The highest BCUT2D eigenvalue weighted by atomic mass is 16.5. The minimum Gasteiger partial charge on any atom is -0.386 e. The molecule has 1 atom stereocenters. The van der Waals surface area contributed by atoms with Gasteiger partial charge in [0, 0.05) is 19.6 Å². The molecule has 0 radical (unpaired) electrons. The summed E-state index contributed by atoms with van der Waals surface area (Å²) in [5, 5.41) is 24.8. The molecule has 1 aromatic carbocycles. The summed E-state index contributed by atoms with van der Waals surface area (Å²) in [6.07, 6.45) is 0.618. The Morgan fingerprint density at radius 3 is 2.95 bits per heavy atom. The van der Waals surface area contributed by atoms with Gasteiger partial charge in [-0.2, -0.15) is 4.68 Å². The van der Waals surface area contributed by atoms with E-state index in [1.165, 1.54) is 0 Å². The highest BCUT2D eigenvalue weighted by Gasteiger charge is 2.32. The van der Waals surface area contributed by atoms with Crippen LogP contribution in [-0.4, -0.2) is 50.7 Å². The van der Waals surface area contributed by atoms with E-state index in [-0.39, 0.29) is 0 Å². The van der Waals surface area contributed by atoms with Crippen molar-refractivity contribution < 1.29 is 9.84 Å². The van der Waals surface area contributed by atoms with Gasteiger partial charge in [0.25, 0.3) is 0 Å². The number of benzene rings is 1. The Morgan fingerprint density at radius 2 is 2.21 bits per heavy atom. The van der Waals surface area contributed by atoms with Gasteiger partial charge >= 0.3 is 0 Å². The zero-order valence-corrected chi connectivity index (χ0v) is 10.4. The van der Waals surface area contributed by atoms with E-state index in [1.807, 2.05) is 30.3 Å². The van der Waals surface area contributed by atoms with Crippen molar-refractivity contribution >= 4 is 5.95 Å². The molecular weight excluding hydrogens is 246 g/mol. The maximum Gasteiger partial charge on any atom is 0.247 e. The van der Waals surface area contributed by atoms with Gasteiger partial charge in [-0.1, -0.05) is 23.3 Å². The maximum atomic E-state index is 10.2. The monoisotopic (exact) mass is 261 g/mol. The third kappa shape index (κ3) is 2.56. The molecule has 0 aliphatic carbocycles. The number of anilines is 1. The average Bonchev–Trinajstić information content (AvgIpc) is 3.07. The first-order valence-electron chi connectivity index (χ1n) is 6.15. The van der Waals surface area contributed by atoms with Crippen LogP contribution in [0.1, 0.15) is 6.42 Å². The lowest BCUT2D eigenvalue weighted by Gasteiger charge is -2.20. The molecule has 2 heterocycles. The van der Waals surface area contributed by atoms with Crippen LogP contribution in [0.15, 0.2) is 30.3 Å². The van der Waals surface area contributed by atoms with Gasteiger partial charge in [0.1, 0.15) is 5.60 Å². The second-order valence-corrected chi connectivity index (χ2v) is 4.63. The molecule has 2 aromatic rings. The number of nitrogens with one attached hydrogen (secondary N) is 1. The van der Waals surface area contributed by atoms with Gasteiger partial charge in [-0.25, -0.2) is 0 Å². The van der Waals surface area contributed by atoms with Crippen LogP contribution < -0.4 is 5.32 Å². The van der Waals surface area contributed by atoms with E-state index in [1.54, 1.807) is 4.68 Å². The topological polar surface area (TPSA) is 85.1 Å². The quantitative estimate of drug-likeness (QED) is 0.819. The molecular formula is C12H15N5O2. The number of hydrogen-bond donors (Lipinski definition) is 2. The highest BCUT2D eigenvalue weighted by Crippen LogP contribution is 2.19. The molecule has 7 heteroatoms. The van der Waals surface area contributed by atoms with E-state index >= 15 is 0 Å². The van der Waals surface area contributed by atoms with E-state index < -0.39 is 5.60 Å². The van der Waals surface area contributed by atoms with Crippen LogP contribution in [0.3, 0.4) is 0 Å². The van der Waals surface area contributed by atoms with E-state index in [9.17, 15) is 5.11 Å². The average molecular weight is 261 g/mol. The summed E-state index contributed by atoms with van der Waals surface area (Å²) in [5.41, 5.74) is 0.0256. The van der Waals surface area contributed by atoms with Crippen LogP contribution in [0, 0.1) is 0 Å². The van der Waals surface area contributed by atoms with Gasteiger partial charge in [0.05, 0.1) is 12.3 Å². The van der Waals surface area contributed by atoms with Crippen LogP contribution in [0.4, 0.5) is 5.95 Å². The summed E-state index contributed by atoms with van der Waals surface area (Å²) in [4.78, 5) is 0. The Balaban J connectivity index is 1.74. The fourth-order valence-electron chi connectivity index (χ4n) is 2.02. The maximum absolute atomic E-state index is 10.2. The number of aromatic nitrogens is 4. The van der Waals surface area contributed by atoms with E-state index in [2.05, 4.69) is 20.8 Å². The van der Waals surface area contributed by atoms with Crippen LogP contribution >= 0.6 is 0 Å². The normalized spacial score (nSPS) is 22.6. The Morgan fingerprint density at radius 1 is 1.37 bits per heavy atom. The van der Waals surface area contributed by atoms with Gasteiger partial charge in [0.15, 0.2) is 0 Å². The smallest absolute Gasteiger partial charge is 0.247 e. The van der Waals surface area contributed by atoms with Crippen molar-refractivity contribution in [3.63, 3.8) is 0 Å². The number of rotatable bonds is 4. The Hall–Kier alpha value is -1.99. The zero-order valence-electron chi connectivity index (χ0n) is 10.4. The van der Waals surface area contributed by atoms with Crippen molar-refractivity contribution in [2.24, 2.45) is 0 Å². The van der Waals surface area contributed by atoms with Gasteiger partial charge in [-0.05, 0) is 22.6 Å². The van der Waals surface area contributed by atoms with Crippen molar-refractivity contribution in [2.75, 3.05) is 25.1 Å². The molecule has 1 saturated heterocycles. The number of ether oxygens (including phenoxy) is 1. The van der Waals surface area contributed by atoms with Crippen molar-refractivity contribution in [1.82, 2.24) is 20.2 Å². The standard InChI is InChI=1S/C12H15N5O2/c18-12(6-7-19-9-12)8-13-11-14-15-16-17(11)10-4-2-1-3-5-10/h1-5,18H,6-9H2,(H,13,14,16). The fraction of sp³-hybridized carbons (Fsp3) is 0.417. The summed E-state index contributed by atoms with van der Waals surface area (Å²) in [6, 6.07) is 9.59. The largest absolute Gasteiger partial charge is 0.386 e. The summed E-state index contributed by atoms with van der Waals surface area (Å²) < 4.78 is 6.79. The minimum atomic E-state index is -0.840. The highest BCUT2D eigenvalue weighted by molar-refractivity contribution is 5.38. The van der Waals surface area contributed by atoms with E-state index in [0.717, 1.165) is 5.69 Å². The fourth-order valence-corrected chi connectivity index (χ4v) is 2.02. The first-order chi connectivity index (χ1) is 9.27. The second-order valence-electron chi connectivity index (χ2n) is 4.63. The molecule has 1 unspecified atom stereocenters. The molecule has 1 aliphatic heterocycles. The van der Waals surface area contributed by atoms with Crippen LogP contribution in [0.2, 0.25) is 0 Å². The first kappa shape index (κ1) is 12.1. The molecule has 0 bridgehead atoms. The minimum absolute atomic E-state index is 0.340. The van der Waals surface area contributed by atoms with Crippen LogP contribution in [0.5, 0.6) is 0 Å². The number of para-hydroxylation sites is 1. The predicted octanol–water partition coefficient (Wildman–Crippen LogP) is 0.226. The molecule has 0 amide bonds. The molecule has 1 aliphatic rings. The first-order valence-corrected chi connectivity index (χ1v) is 6.15. The molecule has 1 aromatic heterocycles. The summed E-state index contributed by atoms with van der Waals surface area (Å²) in [7, 11) is 0. The van der Waals surface area contributed by atoms with Crippen molar-refractivity contribution in [2.45, 2.75) is 12.0 Å². The third-order valence-corrected chi connectivity index (χ3v) is 3.13. The molecule has 0 saturated carbocycles. The number of hydrogen-bond acceptors (Lipinski definition) is 6. The predicted molar refractivity (Wildman–Crippen MR) is 68.0 cm³/mol. The molecule has 2 N–H and O–H groups in total. The van der Waals surface area contributed by atoms with Gasteiger partial charge in [-0.3, -0.25) is 0 Å². The summed E-state index contributed by atoms with van der Waals surface area (Å²) >= 11 is 0. The lowest BCUT2D eigenvalue weighted by Crippen LogP contribution is -2.37. The van der Waals surface area contributed by atoms with E-state index in [0.29, 0.717) is 32.1 Å². The number of aliphatic hydroxyl groups is 1. The van der Waals surface area contributed by atoms with Crippen LogP contribution in [-0.2, 0) is 4.74 Å². The Labute approximate surface area is 110 Å². The lowest BCUT2D eigenvalue weighted by molar-refractivity contribution is 0.0380. The Bertz CT molecular complexity index is 536. The second kappa shape index (κ2) is 4.94. The van der Waals surface area contributed by atoms with Gasteiger partial charge in [-0.15, -0.1) is 0 Å².